The number of hydrogen-bond acceptors (Lipinski definition) is 4. The summed E-state index contributed by atoms with van der Waals surface area (Å²) in [5.74, 6) is 0.930. The SMILES string of the molecule is CSCC[C@H](NC(=O)c1ccc(CC(C(N)=O)C23CC4CC(CC(C4)C2)C3)cc1-c1ccccc1C)C(=O)O. The molecular formula is C32H40N2O4S. The molecule has 0 spiro atoms. The molecule has 0 saturated heterocycles. The van der Waals surface area contributed by atoms with Crippen molar-refractivity contribution < 1.29 is 19.5 Å². The minimum atomic E-state index is -1.04. The molecule has 39 heavy (non-hydrogen) atoms. The Bertz CT molecular complexity index is 1220. The molecule has 6 rings (SSSR count). The molecule has 0 heterocycles. The van der Waals surface area contributed by atoms with E-state index in [1.165, 1.54) is 19.3 Å². The van der Waals surface area contributed by atoms with Crippen molar-refractivity contribution in [3.8, 4) is 11.1 Å². The highest BCUT2D eigenvalue weighted by Gasteiger charge is 2.55. The third-order valence-electron chi connectivity index (χ3n) is 9.59. The van der Waals surface area contributed by atoms with Crippen molar-refractivity contribution in [2.24, 2.45) is 34.8 Å². The molecule has 0 aromatic heterocycles. The van der Waals surface area contributed by atoms with E-state index in [1.54, 1.807) is 17.8 Å². The lowest BCUT2D eigenvalue weighted by Gasteiger charge is -2.59. The number of carboxylic acid groups (broad SMARTS) is 1. The number of amides is 2. The van der Waals surface area contributed by atoms with E-state index in [2.05, 4.69) is 5.32 Å². The van der Waals surface area contributed by atoms with Crippen molar-refractivity contribution in [2.75, 3.05) is 12.0 Å². The summed E-state index contributed by atoms with van der Waals surface area (Å²) in [6, 6.07) is 12.7. The molecule has 4 N–H and O–H groups in total. The smallest absolute Gasteiger partial charge is 0.326 e. The number of hydrogen-bond donors (Lipinski definition) is 3. The summed E-state index contributed by atoms with van der Waals surface area (Å²) in [7, 11) is 0. The first kappa shape index (κ1) is 27.8. The van der Waals surface area contributed by atoms with Gasteiger partial charge >= 0.3 is 5.97 Å². The third-order valence-corrected chi connectivity index (χ3v) is 10.2. The van der Waals surface area contributed by atoms with Crippen LogP contribution < -0.4 is 11.1 Å². The molecule has 4 bridgehead atoms. The first-order valence-corrected chi connectivity index (χ1v) is 15.6. The van der Waals surface area contributed by atoms with Gasteiger partial charge in [-0.25, -0.2) is 4.79 Å². The van der Waals surface area contributed by atoms with Gasteiger partial charge in [0, 0.05) is 11.5 Å². The molecule has 4 aliphatic rings. The van der Waals surface area contributed by atoms with Crippen LogP contribution in [0.1, 0.15) is 66.4 Å². The molecule has 4 saturated carbocycles. The fourth-order valence-electron chi connectivity index (χ4n) is 8.20. The van der Waals surface area contributed by atoms with Crippen LogP contribution in [-0.4, -0.2) is 40.9 Å². The van der Waals surface area contributed by atoms with E-state index in [4.69, 9.17) is 5.73 Å². The van der Waals surface area contributed by atoms with Crippen LogP contribution in [0.2, 0.25) is 0 Å². The zero-order chi connectivity index (χ0) is 27.7. The molecule has 208 valence electrons. The van der Waals surface area contributed by atoms with Crippen LogP contribution in [0, 0.1) is 36.0 Å². The van der Waals surface area contributed by atoms with Gasteiger partial charge in [-0.3, -0.25) is 9.59 Å². The molecule has 6 nitrogen and oxygen atoms in total. The monoisotopic (exact) mass is 548 g/mol. The maximum atomic E-state index is 13.4. The van der Waals surface area contributed by atoms with Crippen LogP contribution in [0.15, 0.2) is 42.5 Å². The number of primary amides is 1. The van der Waals surface area contributed by atoms with E-state index in [1.807, 2.05) is 49.6 Å². The van der Waals surface area contributed by atoms with E-state index >= 15 is 0 Å². The fraction of sp³-hybridized carbons (Fsp3) is 0.531. The Labute approximate surface area is 235 Å². The average Bonchev–Trinajstić information content (AvgIpc) is 2.88. The second kappa shape index (κ2) is 11.4. The van der Waals surface area contributed by atoms with Gasteiger partial charge in [0.15, 0.2) is 0 Å². The Kier molecular flexibility index (Phi) is 8.08. The fourth-order valence-corrected chi connectivity index (χ4v) is 8.67. The molecule has 0 radical (unpaired) electrons. The van der Waals surface area contributed by atoms with E-state index in [9.17, 15) is 19.5 Å². The normalized spacial score (nSPS) is 26.7. The second-order valence-electron chi connectivity index (χ2n) is 12.3. The van der Waals surface area contributed by atoms with Gasteiger partial charge in [-0.15, -0.1) is 0 Å². The van der Waals surface area contributed by atoms with Gasteiger partial charge in [-0.05, 0) is 122 Å². The predicted molar refractivity (Wildman–Crippen MR) is 155 cm³/mol. The highest BCUT2D eigenvalue weighted by molar-refractivity contribution is 7.98. The molecule has 7 heteroatoms. The summed E-state index contributed by atoms with van der Waals surface area (Å²) in [6.45, 7) is 2.00. The van der Waals surface area contributed by atoms with Crippen molar-refractivity contribution in [2.45, 2.75) is 64.3 Å². The summed E-state index contributed by atoms with van der Waals surface area (Å²) >= 11 is 1.55. The maximum absolute atomic E-state index is 13.4. The van der Waals surface area contributed by atoms with Gasteiger partial charge < -0.3 is 16.2 Å². The zero-order valence-electron chi connectivity index (χ0n) is 22.9. The first-order valence-electron chi connectivity index (χ1n) is 14.2. The number of rotatable bonds is 11. The summed E-state index contributed by atoms with van der Waals surface area (Å²) in [5.41, 5.74) is 10.2. The number of thioether (sulfide) groups is 1. The van der Waals surface area contributed by atoms with Gasteiger partial charge in [-0.2, -0.15) is 11.8 Å². The van der Waals surface area contributed by atoms with Crippen molar-refractivity contribution in [3.63, 3.8) is 0 Å². The summed E-state index contributed by atoms with van der Waals surface area (Å²) in [6.07, 6.45) is 10.1. The summed E-state index contributed by atoms with van der Waals surface area (Å²) in [5, 5.41) is 12.4. The van der Waals surface area contributed by atoms with E-state index in [-0.39, 0.29) is 17.2 Å². The van der Waals surface area contributed by atoms with Crippen molar-refractivity contribution in [1.82, 2.24) is 5.32 Å². The molecule has 2 atom stereocenters. The van der Waals surface area contributed by atoms with Crippen LogP contribution in [0.5, 0.6) is 0 Å². The van der Waals surface area contributed by atoms with E-state index in [0.717, 1.165) is 59.3 Å². The number of carboxylic acids is 1. The number of nitrogens with one attached hydrogen (secondary N) is 1. The van der Waals surface area contributed by atoms with E-state index < -0.39 is 17.9 Å². The lowest BCUT2D eigenvalue weighted by Crippen LogP contribution is -2.53. The third kappa shape index (κ3) is 5.74. The predicted octanol–water partition coefficient (Wildman–Crippen LogP) is 5.46. The second-order valence-corrected chi connectivity index (χ2v) is 13.3. The van der Waals surface area contributed by atoms with Crippen molar-refractivity contribution >= 4 is 29.5 Å². The number of carbonyl (C=O) groups is 3. The number of benzene rings is 2. The largest absolute Gasteiger partial charge is 0.480 e. The van der Waals surface area contributed by atoms with Gasteiger partial charge in [0.1, 0.15) is 6.04 Å². The first-order chi connectivity index (χ1) is 18.7. The van der Waals surface area contributed by atoms with Crippen LogP contribution >= 0.6 is 11.8 Å². The highest BCUT2D eigenvalue weighted by Crippen LogP contribution is 2.63. The van der Waals surface area contributed by atoms with E-state index in [0.29, 0.717) is 24.2 Å². The summed E-state index contributed by atoms with van der Waals surface area (Å²) < 4.78 is 0. The van der Waals surface area contributed by atoms with Crippen molar-refractivity contribution in [1.29, 1.82) is 0 Å². The molecule has 1 unspecified atom stereocenters. The quantitative estimate of drug-likeness (QED) is 0.346. The molecule has 2 aromatic rings. The maximum Gasteiger partial charge on any atom is 0.326 e. The average molecular weight is 549 g/mol. The van der Waals surface area contributed by atoms with Crippen molar-refractivity contribution in [3.05, 3.63) is 59.2 Å². The minimum absolute atomic E-state index is 0.00848. The zero-order valence-corrected chi connectivity index (χ0v) is 23.8. The molecule has 4 fully saturated rings. The number of aryl methyl sites for hydroxylation is 1. The van der Waals surface area contributed by atoms with Crippen LogP contribution in [0.4, 0.5) is 0 Å². The Morgan fingerprint density at radius 1 is 1.03 bits per heavy atom. The lowest BCUT2D eigenvalue weighted by molar-refractivity contribution is -0.139. The Morgan fingerprint density at radius 2 is 1.67 bits per heavy atom. The molecule has 4 aliphatic carbocycles. The topological polar surface area (TPSA) is 109 Å². The Balaban J connectivity index is 1.47. The van der Waals surface area contributed by atoms with Gasteiger partial charge in [0.05, 0.1) is 0 Å². The van der Waals surface area contributed by atoms with Crippen LogP contribution in [0.25, 0.3) is 11.1 Å². The Morgan fingerprint density at radius 3 is 2.23 bits per heavy atom. The molecule has 0 aliphatic heterocycles. The van der Waals surface area contributed by atoms with Gasteiger partial charge in [-0.1, -0.05) is 36.4 Å². The Hall–Kier alpha value is -2.80. The molecule has 2 amide bonds. The summed E-state index contributed by atoms with van der Waals surface area (Å²) in [4.78, 5) is 38.2. The number of aliphatic carboxylic acids is 1. The number of nitrogens with two attached hydrogens (primary N) is 1. The van der Waals surface area contributed by atoms with Crippen LogP contribution in [0.3, 0.4) is 0 Å². The minimum Gasteiger partial charge on any atom is -0.480 e. The molecular weight excluding hydrogens is 508 g/mol. The van der Waals surface area contributed by atoms with Gasteiger partial charge in [0.2, 0.25) is 5.91 Å². The van der Waals surface area contributed by atoms with Crippen LogP contribution in [-0.2, 0) is 16.0 Å². The molecule has 2 aromatic carbocycles. The highest BCUT2D eigenvalue weighted by atomic mass is 32.2. The standard InChI is InChI=1S/C32H40N2O4S/c1-19-5-3-4-6-24(19)26-14-20(7-8-25(26)30(36)34-28(31(37)38)9-10-39-2)15-27(29(33)35)32-16-21-11-22(17-32)13-23(12-21)18-32/h3-8,14,21-23,27-28H,9-13,15-18H2,1-2H3,(H2,33,35)(H,34,36)(H,37,38)/t21?,22?,23?,27?,28-,32?/m0/s1. The number of carbonyl (C=O) groups excluding carboxylic acids is 2. The lowest BCUT2D eigenvalue weighted by atomic mass is 9.46. The van der Waals surface area contributed by atoms with Gasteiger partial charge in [0.25, 0.3) is 5.91 Å².